The molecule has 0 aliphatic heterocycles. The van der Waals surface area contributed by atoms with Crippen molar-refractivity contribution < 1.29 is 23.5 Å². The third-order valence-corrected chi connectivity index (χ3v) is 4.12. The maximum Gasteiger partial charge on any atom is 0.317 e. The number of hydrogen-bond acceptors (Lipinski definition) is 2. The molecule has 2 rings (SSSR count). The van der Waals surface area contributed by atoms with E-state index in [0.29, 0.717) is 12.0 Å². The molecule has 7 heteroatoms. The lowest BCUT2D eigenvalue weighted by Gasteiger charge is -2.19. The Balaban J connectivity index is 1.94. The van der Waals surface area contributed by atoms with Crippen molar-refractivity contribution in [3.05, 3.63) is 35.4 Å². The van der Waals surface area contributed by atoms with Crippen molar-refractivity contribution in [1.29, 1.82) is 0 Å². The Hall–Kier alpha value is -2.18. The molecule has 1 aliphatic rings. The van der Waals surface area contributed by atoms with E-state index in [1.54, 1.807) is 0 Å². The fourth-order valence-corrected chi connectivity index (χ4v) is 2.37. The third kappa shape index (κ3) is 3.35. The van der Waals surface area contributed by atoms with E-state index < -0.39 is 23.0 Å². The van der Waals surface area contributed by atoms with Crippen LogP contribution < -0.4 is 5.32 Å². The van der Waals surface area contributed by atoms with Crippen LogP contribution in [-0.2, 0) is 10.2 Å². The largest absolute Gasteiger partial charge is 0.481 e. The molecule has 0 radical (unpaired) electrons. The molecule has 120 valence electrons. The highest BCUT2D eigenvalue weighted by Gasteiger charge is 2.52. The Kier molecular flexibility index (Phi) is 4.35. The van der Waals surface area contributed by atoms with E-state index in [4.69, 9.17) is 5.11 Å². The lowest BCUT2D eigenvalue weighted by Crippen LogP contribution is -2.41. The van der Waals surface area contributed by atoms with Crippen LogP contribution >= 0.6 is 0 Å². The number of aliphatic carboxylic acids is 1. The Morgan fingerprint density at radius 3 is 2.68 bits per heavy atom. The third-order valence-electron chi connectivity index (χ3n) is 4.12. The number of nitrogens with one attached hydrogen (secondary N) is 1. The lowest BCUT2D eigenvalue weighted by atomic mass is 9.97. The molecule has 0 aromatic heterocycles. The Morgan fingerprint density at radius 1 is 1.41 bits per heavy atom. The number of amides is 2. The number of carboxylic acids is 1. The van der Waals surface area contributed by atoms with Gasteiger partial charge in [-0.3, -0.25) is 4.79 Å². The second-order valence-electron chi connectivity index (χ2n) is 5.82. The van der Waals surface area contributed by atoms with Gasteiger partial charge in [0.1, 0.15) is 0 Å². The Morgan fingerprint density at radius 2 is 2.09 bits per heavy atom. The minimum absolute atomic E-state index is 0.107. The molecule has 1 saturated carbocycles. The predicted octanol–water partition coefficient (Wildman–Crippen LogP) is 2.11. The van der Waals surface area contributed by atoms with Gasteiger partial charge in [0, 0.05) is 25.0 Å². The SMILES string of the molecule is CN(CCC(=O)O)C(=O)NC1CC1(C)c1ccc(F)c(F)c1. The zero-order chi connectivity index (χ0) is 16.5. The van der Waals surface area contributed by atoms with Crippen LogP contribution in [0.2, 0.25) is 0 Å². The van der Waals surface area contributed by atoms with Crippen molar-refractivity contribution in [2.24, 2.45) is 0 Å². The normalized spacial score (nSPS) is 23.0. The van der Waals surface area contributed by atoms with Gasteiger partial charge >= 0.3 is 12.0 Å². The number of halogens is 2. The Labute approximate surface area is 126 Å². The van der Waals surface area contributed by atoms with Crippen LogP contribution in [0.25, 0.3) is 0 Å². The molecule has 0 saturated heterocycles. The molecule has 0 spiro atoms. The first-order chi connectivity index (χ1) is 10.2. The van der Waals surface area contributed by atoms with Crippen molar-refractivity contribution in [3.8, 4) is 0 Å². The van der Waals surface area contributed by atoms with Crippen molar-refractivity contribution in [2.75, 3.05) is 13.6 Å². The predicted molar refractivity (Wildman–Crippen MR) is 75.5 cm³/mol. The van der Waals surface area contributed by atoms with Crippen LogP contribution in [0, 0.1) is 11.6 Å². The summed E-state index contributed by atoms with van der Waals surface area (Å²) < 4.78 is 26.3. The van der Waals surface area contributed by atoms with Crippen molar-refractivity contribution in [3.63, 3.8) is 0 Å². The highest BCUT2D eigenvalue weighted by atomic mass is 19.2. The monoisotopic (exact) mass is 312 g/mol. The summed E-state index contributed by atoms with van der Waals surface area (Å²) in [6.07, 6.45) is 0.492. The van der Waals surface area contributed by atoms with E-state index in [1.165, 1.54) is 18.0 Å². The van der Waals surface area contributed by atoms with Gasteiger partial charge in [-0.1, -0.05) is 13.0 Å². The number of rotatable bonds is 5. The van der Waals surface area contributed by atoms with Gasteiger partial charge in [-0.2, -0.15) is 0 Å². The highest BCUT2D eigenvalue weighted by Crippen LogP contribution is 2.48. The summed E-state index contributed by atoms with van der Waals surface area (Å²) in [4.78, 5) is 23.7. The number of carbonyl (C=O) groups is 2. The summed E-state index contributed by atoms with van der Waals surface area (Å²) in [7, 11) is 1.51. The molecule has 1 aliphatic carbocycles. The van der Waals surface area contributed by atoms with Crippen LogP contribution in [-0.4, -0.2) is 41.6 Å². The number of benzene rings is 1. The zero-order valence-corrected chi connectivity index (χ0v) is 12.4. The molecule has 2 N–H and O–H groups in total. The standard InChI is InChI=1S/C15H18F2N2O3/c1-15(9-3-4-10(16)11(17)7-9)8-12(15)18-14(22)19(2)6-5-13(20)21/h3-4,7,12H,5-6,8H2,1-2H3,(H,18,22)(H,20,21). The average molecular weight is 312 g/mol. The first-order valence-electron chi connectivity index (χ1n) is 6.93. The summed E-state index contributed by atoms with van der Waals surface area (Å²) in [6.45, 7) is 1.97. The van der Waals surface area contributed by atoms with Gasteiger partial charge < -0.3 is 15.3 Å². The molecule has 5 nitrogen and oxygen atoms in total. The first-order valence-corrected chi connectivity index (χ1v) is 6.93. The van der Waals surface area contributed by atoms with Gasteiger partial charge in [0.05, 0.1) is 6.42 Å². The van der Waals surface area contributed by atoms with Gasteiger partial charge in [-0.25, -0.2) is 13.6 Å². The number of carboxylic acid groups (broad SMARTS) is 1. The molecule has 0 heterocycles. The van der Waals surface area contributed by atoms with Gasteiger partial charge in [0.2, 0.25) is 0 Å². The quantitative estimate of drug-likeness (QED) is 0.875. The van der Waals surface area contributed by atoms with E-state index in [9.17, 15) is 18.4 Å². The number of urea groups is 1. The number of hydrogen-bond donors (Lipinski definition) is 2. The van der Waals surface area contributed by atoms with Crippen LogP contribution in [0.15, 0.2) is 18.2 Å². The molecule has 2 unspecified atom stereocenters. The Bertz CT molecular complexity index is 608. The van der Waals surface area contributed by atoms with E-state index >= 15 is 0 Å². The highest BCUT2D eigenvalue weighted by molar-refractivity contribution is 5.76. The minimum Gasteiger partial charge on any atom is -0.481 e. The van der Waals surface area contributed by atoms with E-state index in [2.05, 4.69) is 5.32 Å². The number of nitrogens with zero attached hydrogens (tertiary/aromatic N) is 1. The summed E-state index contributed by atoms with van der Waals surface area (Å²) in [5, 5.41) is 11.4. The molecule has 1 aromatic carbocycles. The van der Waals surface area contributed by atoms with E-state index in [1.807, 2.05) is 6.92 Å². The molecule has 2 atom stereocenters. The maximum atomic E-state index is 13.3. The molecule has 1 aromatic rings. The summed E-state index contributed by atoms with van der Waals surface area (Å²) >= 11 is 0. The fraction of sp³-hybridized carbons (Fsp3) is 0.467. The second-order valence-corrected chi connectivity index (χ2v) is 5.82. The average Bonchev–Trinajstić information content (AvgIpc) is 3.10. The van der Waals surface area contributed by atoms with Gasteiger partial charge in [0.15, 0.2) is 11.6 Å². The summed E-state index contributed by atoms with van der Waals surface area (Å²) in [5.74, 6) is -2.78. The molecule has 0 bridgehead atoms. The van der Waals surface area contributed by atoms with Crippen molar-refractivity contribution in [2.45, 2.75) is 31.2 Å². The molecule has 2 amide bonds. The van der Waals surface area contributed by atoms with Gasteiger partial charge in [-0.05, 0) is 24.1 Å². The van der Waals surface area contributed by atoms with Crippen LogP contribution in [0.5, 0.6) is 0 Å². The van der Waals surface area contributed by atoms with Crippen molar-refractivity contribution >= 4 is 12.0 Å². The van der Waals surface area contributed by atoms with Crippen LogP contribution in [0.1, 0.15) is 25.3 Å². The molecular formula is C15H18F2N2O3. The summed E-state index contributed by atoms with van der Waals surface area (Å²) in [5.41, 5.74) is 0.197. The van der Waals surface area contributed by atoms with E-state index in [-0.39, 0.29) is 25.0 Å². The topological polar surface area (TPSA) is 69.6 Å². The first kappa shape index (κ1) is 16.2. The fourth-order valence-electron chi connectivity index (χ4n) is 2.37. The number of carbonyl (C=O) groups excluding carboxylic acids is 1. The molecule has 22 heavy (non-hydrogen) atoms. The lowest BCUT2D eigenvalue weighted by molar-refractivity contribution is -0.137. The van der Waals surface area contributed by atoms with Crippen molar-refractivity contribution in [1.82, 2.24) is 10.2 Å². The van der Waals surface area contributed by atoms with Gasteiger partial charge in [-0.15, -0.1) is 0 Å². The zero-order valence-electron chi connectivity index (χ0n) is 12.4. The second kappa shape index (κ2) is 5.90. The van der Waals surface area contributed by atoms with E-state index in [0.717, 1.165) is 12.1 Å². The minimum atomic E-state index is -0.974. The molecular weight excluding hydrogens is 294 g/mol. The van der Waals surface area contributed by atoms with Gasteiger partial charge in [0.25, 0.3) is 0 Å². The smallest absolute Gasteiger partial charge is 0.317 e. The van der Waals surface area contributed by atoms with Crippen LogP contribution in [0.4, 0.5) is 13.6 Å². The summed E-state index contributed by atoms with van der Waals surface area (Å²) in [6, 6.07) is 3.18. The van der Waals surface area contributed by atoms with Crippen LogP contribution in [0.3, 0.4) is 0 Å². The molecule has 1 fully saturated rings. The maximum absolute atomic E-state index is 13.3.